The number of halogens is 1. The number of hydrogen-bond donors (Lipinski definition) is 2. The summed E-state index contributed by atoms with van der Waals surface area (Å²) in [5.41, 5.74) is 1.15. The van der Waals surface area contributed by atoms with Crippen LogP contribution in [0.2, 0.25) is 0 Å². The van der Waals surface area contributed by atoms with Crippen LogP contribution in [0.25, 0.3) is 10.8 Å². The minimum Gasteiger partial charge on any atom is -0.465 e. The molecule has 3 aromatic rings. The standard InChI is InChI=1S/C20H19FN4O6S/c1-11(2)25-19(27)14-7-5-4-6-13(14)17(23-25)18(26)22-24-32(29,30)16-10-12(20(28)31-3)8-9-15(16)21/h4-11,24H,1-3H3,(H,22,26). The number of nitrogens with zero attached hydrogens (tertiary/aromatic N) is 2. The molecule has 0 atom stereocenters. The zero-order valence-electron chi connectivity index (χ0n) is 17.2. The molecular weight excluding hydrogens is 443 g/mol. The molecule has 0 spiro atoms. The molecule has 0 fully saturated rings. The number of aromatic nitrogens is 2. The number of hydrogen-bond acceptors (Lipinski definition) is 7. The Balaban J connectivity index is 1.96. The van der Waals surface area contributed by atoms with Crippen LogP contribution in [0.4, 0.5) is 4.39 Å². The molecule has 10 nitrogen and oxygen atoms in total. The van der Waals surface area contributed by atoms with E-state index in [2.05, 4.69) is 9.84 Å². The minimum atomic E-state index is -4.61. The number of benzene rings is 2. The zero-order chi connectivity index (χ0) is 23.6. The van der Waals surface area contributed by atoms with Crippen LogP contribution in [0, 0.1) is 5.82 Å². The van der Waals surface area contributed by atoms with E-state index in [4.69, 9.17) is 0 Å². The molecule has 1 amide bonds. The summed E-state index contributed by atoms with van der Waals surface area (Å²) in [5, 5.41) is 4.50. The molecule has 2 aromatic carbocycles. The number of ether oxygens (including phenoxy) is 1. The summed E-state index contributed by atoms with van der Waals surface area (Å²) in [6.45, 7) is 3.40. The Morgan fingerprint density at radius 1 is 1.12 bits per heavy atom. The lowest BCUT2D eigenvalue weighted by Crippen LogP contribution is -2.43. The van der Waals surface area contributed by atoms with Gasteiger partial charge in [0.15, 0.2) is 5.69 Å². The van der Waals surface area contributed by atoms with Crippen molar-refractivity contribution in [2.24, 2.45) is 0 Å². The van der Waals surface area contributed by atoms with Gasteiger partial charge in [-0.3, -0.25) is 15.0 Å². The predicted molar refractivity (Wildman–Crippen MR) is 112 cm³/mol. The molecule has 0 aliphatic rings. The normalized spacial score (nSPS) is 11.5. The van der Waals surface area contributed by atoms with Gasteiger partial charge in [-0.05, 0) is 38.1 Å². The van der Waals surface area contributed by atoms with Crippen LogP contribution >= 0.6 is 0 Å². The summed E-state index contributed by atoms with van der Waals surface area (Å²) in [5.74, 6) is -2.97. The lowest BCUT2D eigenvalue weighted by atomic mass is 10.1. The fraction of sp³-hybridized carbons (Fsp3) is 0.200. The Labute approximate surface area is 182 Å². The summed E-state index contributed by atoms with van der Waals surface area (Å²) in [6, 6.07) is 8.49. The Kier molecular flexibility index (Phi) is 6.37. The molecule has 0 aliphatic heterocycles. The van der Waals surface area contributed by atoms with Gasteiger partial charge in [-0.25, -0.2) is 22.3 Å². The van der Waals surface area contributed by atoms with Gasteiger partial charge in [-0.2, -0.15) is 5.10 Å². The summed E-state index contributed by atoms with van der Waals surface area (Å²) in [6.07, 6.45) is 0. The number of esters is 1. The molecule has 2 N–H and O–H groups in total. The van der Waals surface area contributed by atoms with Crippen molar-refractivity contribution in [3.63, 3.8) is 0 Å². The van der Waals surface area contributed by atoms with Crippen molar-refractivity contribution < 1.29 is 27.1 Å². The largest absolute Gasteiger partial charge is 0.465 e. The van der Waals surface area contributed by atoms with Gasteiger partial charge in [-0.1, -0.05) is 18.2 Å². The number of methoxy groups -OCH3 is 1. The second-order valence-electron chi connectivity index (χ2n) is 6.93. The average Bonchev–Trinajstić information content (AvgIpc) is 2.77. The molecule has 3 rings (SSSR count). The van der Waals surface area contributed by atoms with Crippen molar-refractivity contribution >= 4 is 32.7 Å². The lowest BCUT2D eigenvalue weighted by molar-refractivity contribution is 0.0600. The van der Waals surface area contributed by atoms with E-state index in [0.29, 0.717) is 0 Å². The lowest BCUT2D eigenvalue weighted by Gasteiger charge is -2.14. The molecule has 0 bridgehead atoms. The number of carbonyl (C=O) groups is 2. The maximum Gasteiger partial charge on any atom is 0.337 e. The van der Waals surface area contributed by atoms with E-state index in [1.807, 2.05) is 5.43 Å². The fourth-order valence-corrected chi connectivity index (χ4v) is 3.85. The molecule has 0 saturated heterocycles. The number of rotatable bonds is 6. The molecule has 0 saturated carbocycles. The van der Waals surface area contributed by atoms with E-state index in [-0.39, 0.29) is 28.1 Å². The van der Waals surface area contributed by atoms with E-state index in [1.54, 1.807) is 30.8 Å². The van der Waals surface area contributed by atoms with Gasteiger partial charge >= 0.3 is 5.97 Å². The Hall–Kier alpha value is -3.64. The van der Waals surface area contributed by atoms with Crippen LogP contribution in [0.15, 0.2) is 52.2 Å². The summed E-state index contributed by atoms with van der Waals surface area (Å²) in [4.78, 5) is 37.9. The van der Waals surface area contributed by atoms with Gasteiger partial charge in [0.25, 0.3) is 21.5 Å². The molecule has 0 radical (unpaired) electrons. The van der Waals surface area contributed by atoms with E-state index >= 15 is 0 Å². The fourth-order valence-electron chi connectivity index (χ4n) is 2.91. The smallest absolute Gasteiger partial charge is 0.337 e. The average molecular weight is 462 g/mol. The van der Waals surface area contributed by atoms with Crippen LogP contribution in [-0.4, -0.2) is 37.2 Å². The SMILES string of the molecule is COC(=O)c1ccc(F)c(S(=O)(=O)NNC(=O)c2nn(C(C)C)c(=O)c3ccccc23)c1. The molecule has 168 valence electrons. The molecule has 0 unspecified atom stereocenters. The van der Waals surface area contributed by atoms with Crippen molar-refractivity contribution in [1.29, 1.82) is 0 Å². The highest BCUT2D eigenvalue weighted by Gasteiger charge is 2.24. The van der Waals surface area contributed by atoms with Crippen LogP contribution < -0.4 is 15.8 Å². The first-order chi connectivity index (χ1) is 15.1. The number of hydrazine groups is 1. The maximum absolute atomic E-state index is 14.1. The molecule has 1 heterocycles. The van der Waals surface area contributed by atoms with Crippen molar-refractivity contribution in [1.82, 2.24) is 20.0 Å². The van der Waals surface area contributed by atoms with Gasteiger partial charge in [0.1, 0.15) is 10.7 Å². The van der Waals surface area contributed by atoms with Gasteiger partial charge in [0.2, 0.25) is 0 Å². The monoisotopic (exact) mass is 462 g/mol. The van der Waals surface area contributed by atoms with E-state index in [1.165, 1.54) is 12.1 Å². The zero-order valence-corrected chi connectivity index (χ0v) is 18.1. The van der Waals surface area contributed by atoms with Crippen molar-refractivity contribution in [3.8, 4) is 0 Å². The molecule has 32 heavy (non-hydrogen) atoms. The van der Waals surface area contributed by atoms with E-state index < -0.39 is 38.2 Å². The van der Waals surface area contributed by atoms with Crippen LogP contribution in [0.5, 0.6) is 0 Å². The maximum atomic E-state index is 14.1. The Morgan fingerprint density at radius 2 is 1.78 bits per heavy atom. The first-order valence-corrected chi connectivity index (χ1v) is 10.8. The van der Waals surface area contributed by atoms with Crippen molar-refractivity contribution in [2.45, 2.75) is 24.8 Å². The quantitative estimate of drug-likeness (QED) is 0.419. The first kappa shape index (κ1) is 23.0. The van der Waals surface area contributed by atoms with Crippen molar-refractivity contribution in [3.05, 3.63) is 69.9 Å². The number of fused-ring (bicyclic) bond motifs is 1. The minimum absolute atomic E-state index is 0.197. The second-order valence-corrected chi connectivity index (χ2v) is 8.58. The van der Waals surface area contributed by atoms with Gasteiger partial charge in [0.05, 0.1) is 24.1 Å². The summed E-state index contributed by atoms with van der Waals surface area (Å²) >= 11 is 0. The summed E-state index contributed by atoms with van der Waals surface area (Å²) < 4.78 is 44.8. The molecule has 1 aromatic heterocycles. The highest BCUT2D eigenvalue weighted by Crippen LogP contribution is 2.18. The third-order valence-electron chi connectivity index (χ3n) is 4.47. The summed E-state index contributed by atoms with van der Waals surface area (Å²) in [7, 11) is -3.52. The number of amides is 1. The van der Waals surface area contributed by atoms with Crippen LogP contribution in [-0.2, 0) is 14.8 Å². The highest BCUT2D eigenvalue weighted by molar-refractivity contribution is 7.89. The van der Waals surface area contributed by atoms with Crippen LogP contribution in [0.1, 0.15) is 40.7 Å². The third kappa shape index (κ3) is 4.36. The molecule has 0 aliphatic carbocycles. The predicted octanol–water partition coefficient (Wildman–Crippen LogP) is 1.53. The van der Waals surface area contributed by atoms with Gasteiger partial charge < -0.3 is 4.74 Å². The third-order valence-corrected chi connectivity index (χ3v) is 5.74. The van der Waals surface area contributed by atoms with E-state index in [9.17, 15) is 27.2 Å². The van der Waals surface area contributed by atoms with Gasteiger partial charge in [-0.15, -0.1) is 4.83 Å². The Bertz CT molecular complexity index is 1380. The molecular formula is C20H19FN4O6S. The number of sulfonamides is 1. The first-order valence-electron chi connectivity index (χ1n) is 9.28. The second kappa shape index (κ2) is 8.85. The van der Waals surface area contributed by atoms with Gasteiger partial charge in [0, 0.05) is 5.39 Å². The van der Waals surface area contributed by atoms with Crippen molar-refractivity contribution in [2.75, 3.05) is 7.11 Å². The van der Waals surface area contributed by atoms with Crippen LogP contribution in [0.3, 0.4) is 0 Å². The highest BCUT2D eigenvalue weighted by atomic mass is 32.2. The Morgan fingerprint density at radius 3 is 2.41 bits per heavy atom. The number of carbonyl (C=O) groups excluding carboxylic acids is 2. The molecule has 12 heteroatoms. The number of nitrogens with one attached hydrogen (secondary N) is 2. The van der Waals surface area contributed by atoms with E-state index in [0.717, 1.165) is 30.0 Å². The topological polar surface area (TPSA) is 136 Å².